The first kappa shape index (κ1) is 20.8. The van der Waals surface area contributed by atoms with E-state index in [2.05, 4.69) is 16.0 Å². The molecule has 3 N–H and O–H groups in total. The zero-order valence-electron chi connectivity index (χ0n) is 15.2. The van der Waals surface area contributed by atoms with Crippen LogP contribution in [0.3, 0.4) is 0 Å². The molecule has 0 unspecified atom stereocenters. The van der Waals surface area contributed by atoms with Gasteiger partial charge in [-0.25, -0.2) is 0 Å². The molecule has 0 aliphatic carbocycles. The third-order valence-corrected chi connectivity index (χ3v) is 5.07. The fourth-order valence-corrected chi connectivity index (χ4v) is 3.45. The number of carbonyl (C=O) groups is 2. The average molecular weight is 446 g/mol. The van der Waals surface area contributed by atoms with Gasteiger partial charge in [-0.1, -0.05) is 23.7 Å². The lowest BCUT2D eigenvalue weighted by Crippen LogP contribution is -2.34. The van der Waals surface area contributed by atoms with Crippen molar-refractivity contribution in [2.24, 2.45) is 0 Å². The highest BCUT2D eigenvalue weighted by molar-refractivity contribution is 7.80. The first-order valence-electron chi connectivity index (χ1n) is 8.37. The van der Waals surface area contributed by atoms with Crippen molar-refractivity contribution in [1.29, 1.82) is 0 Å². The van der Waals surface area contributed by atoms with Gasteiger partial charge in [0.1, 0.15) is 5.75 Å². The fraction of sp³-hybridized carbons (Fsp3) is 0.0500. The number of carbonyl (C=O) groups excluding carboxylic acids is 2. The van der Waals surface area contributed by atoms with Gasteiger partial charge in [0.25, 0.3) is 11.8 Å². The summed E-state index contributed by atoms with van der Waals surface area (Å²) >= 11 is 12.4. The highest BCUT2D eigenvalue weighted by atomic mass is 35.5. The molecule has 0 fully saturated rings. The van der Waals surface area contributed by atoms with Gasteiger partial charge in [0, 0.05) is 22.3 Å². The molecule has 3 rings (SSSR count). The maximum absolute atomic E-state index is 12.2. The van der Waals surface area contributed by atoms with Gasteiger partial charge in [-0.2, -0.15) is 0 Å². The van der Waals surface area contributed by atoms with Crippen molar-refractivity contribution in [3.8, 4) is 5.75 Å². The molecule has 3 aromatic rings. The summed E-state index contributed by atoms with van der Waals surface area (Å²) < 4.78 is 5.35. The van der Waals surface area contributed by atoms with Gasteiger partial charge in [-0.15, -0.1) is 11.3 Å². The van der Waals surface area contributed by atoms with Crippen molar-refractivity contribution < 1.29 is 14.3 Å². The van der Waals surface area contributed by atoms with Crippen LogP contribution in [0.25, 0.3) is 0 Å². The number of ether oxygens (including phenoxy) is 1. The zero-order chi connectivity index (χ0) is 20.8. The number of thiophene rings is 1. The highest BCUT2D eigenvalue weighted by Gasteiger charge is 2.13. The minimum atomic E-state index is -0.378. The van der Waals surface area contributed by atoms with Gasteiger partial charge in [0.2, 0.25) is 0 Å². The van der Waals surface area contributed by atoms with Crippen LogP contribution in [-0.2, 0) is 0 Å². The molecule has 148 valence electrons. The molecule has 9 heteroatoms. The second-order valence-corrected chi connectivity index (χ2v) is 7.56. The molecule has 1 aromatic heterocycles. The predicted octanol–water partition coefficient (Wildman–Crippen LogP) is 4.79. The summed E-state index contributed by atoms with van der Waals surface area (Å²) in [6.07, 6.45) is 0. The molecule has 29 heavy (non-hydrogen) atoms. The van der Waals surface area contributed by atoms with Crippen molar-refractivity contribution >= 4 is 63.5 Å². The number of anilines is 2. The molecule has 6 nitrogen and oxygen atoms in total. The molecule has 0 saturated heterocycles. The van der Waals surface area contributed by atoms with Crippen LogP contribution in [0.15, 0.2) is 60.0 Å². The Hall–Kier alpha value is -2.94. The molecule has 1 heterocycles. The van der Waals surface area contributed by atoms with Gasteiger partial charge in [0.05, 0.1) is 17.7 Å². The van der Waals surface area contributed by atoms with Crippen LogP contribution in [0.2, 0.25) is 5.02 Å². The molecule has 0 aliphatic heterocycles. The van der Waals surface area contributed by atoms with E-state index in [-0.39, 0.29) is 16.9 Å². The van der Waals surface area contributed by atoms with Gasteiger partial charge in [0.15, 0.2) is 5.11 Å². The van der Waals surface area contributed by atoms with E-state index < -0.39 is 0 Å². The molecule has 0 saturated carbocycles. The van der Waals surface area contributed by atoms with Crippen LogP contribution in [0, 0.1) is 0 Å². The maximum atomic E-state index is 12.2. The Labute approximate surface area is 181 Å². The molecular weight excluding hydrogens is 430 g/mol. The normalized spacial score (nSPS) is 10.1. The van der Waals surface area contributed by atoms with E-state index in [0.717, 1.165) is 0 Å². The van der Waals surface area contributed by atoms with Crippen LogP contribution in [0.4, 0.5) is 11.4 Å². The smallest absolute Gasteiger partial charge is 0.265 e. The number of amides is 2. The summed E-state index contributed by atoms with van der Waals surface area (Å²) in [6.45, 7) is 0. The summed E-state index contributed by atoms with van der Waals surface area (Å²) in [5.41, 5.74) is 1.50. The Kier molecular flexibility index (Phi) is 6.82. The monoisotopic (exact) mass is 445 g/mol. The third-order valence-electron chi connectivity index (χ3n) is 3.77. The fourth-order valence-electron chi connectivity index (χ4n) is 2.43. The maximum Gasteiger partial charge on any atom is 0.265 e. The predicted molar refractivity (Wildman–Crippen MR) is 120 cm³/mol. The Bertz CT molecular complexity index is 1050. The molecule has 0 spiro atoms. The largest absolute Gasteiger partial charge is 0.494 e. The van der Waals surface area contributed by atoms with Crippen LogP contribution in [0.5, 0.6) is 5.75 Å². The number of nitrogens with one attached hydrogen (secondary N) is 3. The molecule has 0 aliphatic rings. The second-order valence-electron chi connectivity index (χ2n) is 5.77. The van der Waals surface area contributed by atoms with Crippen molar-refractivity contribution in [3.05, 3.63) is 75.4 Å². The van der Waals surface area contributed by atoms with Gasteiger partial charge in [-0.05, 0) is 54.0 Å². The molecule has 0 radical (unpaired) electrons. The number of benzene rings is 2. The van der Waals surface area contributed by atoms with E-state index in [4.69, 9.17) is 28.6 Å². The lowest BCUT2D eigenvalue weighted by atomic mass is 10.2. The number of methoxy groups -OCH3 is 1. The molecule has 2 amide bonds. The van der Waals surface area contributed by atoms with Crippen molar-refractivity contribution in [2.45, 2.75) is 0 Å². The minimum absolute atomic E-state index is 0.118. The molecule has 0 bridgehead atoms. The van der Waals surface area contributed by atoms with Gasteiger partial charge < -0.3 is 15.4 Å². The molecule has 2 aromatic carbocycles. The Morgan fingerprint density at radius 2 is 1.86 bits per heavy atom. The van der Waals surface area contributed by atoms with E-state index in [1.54, 1.807) is 48.5 Å². The van der Waals surface area contributed by atoms with Gasteiger partial charge >= 0.3 is 0 Å². The van der Waals surface area contributed by atoms with E-state index in [1.165, 1.54) is 18.4 Å². The first-order chi connectivity index (χ1) is 14.0. The minimum Gasteiger partial charge on any atom is -0.494 e. The van der Waals surface area contributed by atoms with E-state index >= 15 is 0 Å². The lowest BCUT2D eigenvalue weighted by molar-refractivity contribution is 0.0976. The number of hydrogen-bond acceptors (Lipinski definition) is 5. The van der Waals surface area contributed by atoms with Crippen LogP contribution in [0.1, 0.15) is 20.0 Å². The third kappa shape index (κ3) is 5.54. The lowest BCUT2D eigenvalue weighted by Gasteiger charge is -2.14. The zero-order valence-corrected chi connectivity index (χ0v) is 17.6. The highest BCUT2D eigenvalue weighted by Crippen LogP contribution is 2.28. The van der Waals surface area contributed by atoms with Gasteiger partial charge in [-0.3, -0.25) is 14.9 Å². The second kappa shape index (κ2) is 9.51. The van der Waals surface area contributed by atoms with Crippen LogP contribution < -0.4 is 20.7 Å². The first-order valence-corrected chi connectivity index (χ1v) is 10.0. The Morgan fingerprint density at radius 1 is 1.03 bits per heavy atom. The summed E-state index contributed by atoms with van der Waals surface area (Å²) in [5, 5.41) is 10.7. The number of thiocarbonyl (C=S) groups is 1. The number of rotatable bonds is 5. The van der Waals surface area contributed by atoms with E-state index in [9.17, 15) is 9.59 Å². The Morgan fingerprint density at radius 3 is 2.55 bits per heavy atom. The van der Waals surface area contributed by atoms with Crippen molar-refractivity contribution in [1.82, 2.24) is 5.32 Å². The van der Waals surface area contributed by atoms with Crippen molar-refractivity contribution in [3.63, 3.8) is 0 Å². The Balaban J connectivity index is 1.65. The average Bonchev–Trinajstić information content (AvgIpc) is 3.24. The quantitative estimate of drug-likeness (QED) is 0.492. The number of hydrogen-bond donors (Lipinski definition) is 3. The number of halogens is 1. The summed E-state index contributed by atoms with van der Waals surface area (Å²) in [4.78, 5) is 25.1. The summed E-state index contributed by atoms with van der Waals surface area (Å²) in [5.74, 6) is -0.149. The van der Waals surface area contributed by atoms with Crippen LogP contribution >= 0.6 is 35.2 Å². The molecule has 0 atom stereocenters. The van der Waals surface area contributed by atoms with E-state index in [0.29, 0.717) is 32.6 Å². The standard InChI is InChI=1S/C20H16ClN3O3S2/c1-27-16-11-14(7-8-15(16)23-19(26)17-6-3-9-29-17)22-20(28)24-18(25)12-4-2-5-13(21)10-12/h2-11H,1H3,(H,23,26)(H2,22,24,25,28). The SMILES string of the molecule is COc1cc(NC(=S)NC(=O)c2cccc(Cl)c2)ccc1NC(=O)c1cccs1. The summed E-state index contributed by atoms with van der Waals surface area (Å²) in [6, 6.07) is 15.2. The van der Waals surface area contributed by atoms with Crippen molar-refractivity contribution in [2.75, 3.05) is 17.7 Å². The van der Waals surface area contributed by atoms with Crippen LogP contribution in [-0.4, -0.2) is 24.0 Å². The summed E-state index contributed by atoms with van der Waals surface area (Å²) in [7, 11) is 1.50. The molecular formula is C20H16ClN3O3S2. The topological polar surface area (TPSA) is 79.5 Å². The van der Waals surface area contributed by atoms with E-state index in [1.807, 2.05) is 11.4 Å².